The van der Waals surface area contributed by atoms with E-state index in [4.69, 9.17) is 0 Å². The predicted octanol–water partition coefficient (Wildman–Crippen LogP) is 2.65. The highest BCUT2D eigenvalue weighted by molar-refractivity contribution is 5.81. The molecule has 0 bridgehead atoms. The second kappa shape index (κ2) is 8.12. The molecule has 0 aliphatic carbocycles. The van der Waals surface area contributed by atoms with Gasteiger partial charge in [-0.3, -0.25) is 9.69 Å². The molecule has 3 rings (SSSR count). The van der Waals surface area contributed by atoms with Gasteiger partial charge in [-0.2, -0.15) is 0 Å². The number of nitrogens with zero attached hydrogens (tertiary/aromatic N) is 2. The lowest BCUT2D eigenvalue weighted by Gasteiger charge is -2.38. The van der Waals surface area contributed by atoms with E-state index in [-0.39, 0.29) is 17.8 Å². The van der Waals surface area contributed by atoms with Crippen molar-refractivity contribution >= 4 is 11.6 Å². The van der Waals surface area contributed by atoms with Gasteiger partial charge in [-0.05, 0) is 36.8 Å². The monoisotopic (exact) mass is 341 g/mol. The van der Waals surface area contributed by atoms with Crippen molar-refractivity contribution in [3.05, 3.63) is 66.0 Å². The summed E-state index contributed by atoms with van der Waals surface area (Å²) in [5.41, 5.74) is 2.00. The van der Waals surface area contributed by atoms with Crippen LogP contribution < -0.4 is 10.2 Å². The standard InChI is InChI=1S/C20H24FN3O/c1-16(20(25)22-15-17-6-5-7-18(21)14-17)23-10-12-24(13-11-23)19-8-3-2-4-9-19/h2-9,14,16H,10-13,15H2,1H3,(H,22,25). The van der Waals surface area contributed by atoms with Crippen molar-refractivity contribution in [2.45, 2.75) is 19.5 Å². The molecule has 1 aliphatic rings. The average Bonchev–Trinajstić information content (AvgIpc) is 2.66. The number of amides is 1. The van der Waals surface area contributed by atoms with Crippen LogP contribution >= 0.6 is 0 Å². The number of hydrogen-bond acceptors (Lipinski definition) is 3. The quantitative estimate of drug-likeness (QED) is 0.908. The Morgan fingerprint density at radius 3 is 2.48 bits per heavy atom. The van der Waals surface area contributed by atoms with Crippen LogP contribution in [-0.2, 0) is 11.3 Å². The molecular weight excluding hydrogens is 317 g/mol. The summed E-state index contributed by atoms with van der Waals surface area (Å²) in [6, 6.07) is 16.5. The SMILES string of the molecule is CC(C(=O)NCc1cccc(F)c1)N1CCN(c2ccccc2)CC1. The maximum atomic E-state index is 13.2. The average molecular weight is 341 g/mol. The minimum absolute atomic E-state index is 0.0163. The third-order valence-corrected chi connectivity index (χ3v) is 4.72. The Labute approximate surface area is 148 Å². The third-order valence-electron chi connectivity index (χ3n) is 4.72. The lowest BCUT2D eigenvalue weighted by molar-refractivity contribution is -0.126. The Hall–Kier alpha value is -2.40. The van der Waals surface area contributed by atoms with Crippen LogP contribution in [0.15, 0.2) is 54.6 Å². The number of hydrogen-bond donors (Lipinski definition) is 1. The largest absolute Gasteiger partial charge is 0.369 e. The summed E-state index contributed by atoms with van der Waals surface area (Å²) >= 11 is 0. The Kier molecular flexibility index (Phi) is 5.66. The van der Waals surface area contributed by atoms with Gasteiger partial charge in [-0.25, -0.2) is 4.39 Å². The van der Waals surface area contributed by atoms with E-state index in [0.717, 1.165) is 31.7 Å². The lowest BCUT2D eigenvalue weighted by Crippen LogP contribution is -2.53. The maximum absolute atomic E-state index is 13.2. The van der Waals surface area contributed by atoms with Gasteiger partial charge in [-0.1, -0.05) is 30.3 Å². The minimum atomic E-state index is -0.281. The third kappa shape index (κ3) is 4.57. The number of nitrogens with one attached hydrogen (secondary N) is 1. The molecule has 4 nitrogen and oxygen atoms in total. The summed E-state index contributed by atoms with van der Waals surface area (Å²) in [4.78, 5) is 16.9. The zero-order chi connectivity index (χ0) is 17.6. The van der Waals surface area contributed by atoms with Crippen molar-refractivity contribution in [2.75, 3.05) is 31.1 Å². The fourth-order valence-corrected chi connectivity index (χ4v) is 3.16. The van der Waals surface area contributed by atoms with E-state index in [1.807, 2.05) is 31.2 Å². The molecule has 1 unspecified atom stereocenters. The van der Waals surface area contributed by atoms with E-state index < -0.39 is 0 Å². The summed E-state index contributed by atoms with van der Waals surface area (Å²) in [6.45, 7) is 5.80. The van der Waals surface area contributed by atoms with Crippen molar-refractivity contribution in [3.8, 4) is 0 Å². The first-order valence-corrected chi connectivity index (χ1v) is 8.70. The van der Waals surface area contributed by atoms with Gasteiger partial charge in [0.1, 0.15) is 5.82 Å². The van der Waals surface area contributed by atoms with Crippen LogP contribution in [0.5, 0.6) is 0 Å². The highest BCUT2D eigenvalue weighted by Crippen LogP contribution is 2.16. The van der Waals surface area contributed by atoms with E-state index in [1.165, 1.54) is 17.8 Å². The number of halogens is 1. The molecule has 1 aliphatic heterocycles. The second-order valence-electron chi connectivity index (χ2n) is 6.38. The number of benzene rings is 2. The molecule has 0 radical (unpaired) electrons. The molecule has 1 saturated heterocycles. The molecule has 0 spiro atoms. The number of carbonyl (C=O) groups excluding carboxylic acids is 1. The summed E-state index contributed by atoms with van der Waals surface area (Å²) in [5, 5.41) is 2.91. The van der Waals surface area contributed by atoms with Gasteiger partial charge >= 0.3 is 0 Å². The van der Waals surface area contributed by atoms with Crippen molar-refractivity contribution in [1.82, 2.24) is 10.2 Å². The number of piperazine rings is 1. The molecule has 1 heterocycles. The smallest absolute Gasteiger partial charge is 0.237 e. The molecule has 2 aromatic carbocycles. The van der Waals surface area contributed by atoms with Crippen molar-refractivity contribution in [1.29, 1.82) is 0 Å². The number of carbonyl (C=O) groups is 1. The maximum Gasteiger partial charge on any atom is 0.237 e. The van der Waals surface area contributed by atoms with Crippen LogP contribution in [0.2, 0.25) is 0 Å². The molecule has 0 aromatic heterocycles. The van der Waals surface area contributed by atoms with Crippen molar-refractivity contribution in [2.24, 2.45) is 0 Å². The normalized spacial score (nSPS) is 16.5. The summed E-state index contributed by atoms with van der Waals surface area (Å²) in [6.07, 6.45) is 0. The second-order valence-corrected chi connectivity index (χ2v) is 6.38. The molecular formula is C20H24FN3O. The highest BCUT2D eigenvalue weighted by atomic mass is 19.1. The Morgan fingerprint density at radius 1 is 1.08 bits per heavy atom. The minimum Gasteiger partial charge on any atom is -0.369 e. The van der Waals surface area contributed by atoms with Gasteiger partial charge in [0.2, 0.25) is 5.91 Å². The van der Waals surface area contributed by atoms with Crippen LogP contribution in [0.3, 0.4) is 0 Å². The fraction of sp³-hybridized carbons (Fsp3) is 0.350. The van der Waals surface area contributed by atoms with E-state index in [9.17, 15) is 9.18 Å². The van der Waals surface area contributed by atoms with Crippen LogP contribution in [0.4, 0.5) is 10.1 Å². The number of anilines is 1. The van der Waals surface area contributed by atoms with E-state index in [1.54, 1.807) is 6.07 Å². The molecule has 1 N–H and O–H groups in total. The van der Waals surface area contributed by atoms with Gasteiger partial charge in [0.15, 0.2) is 0 Å². The topological polar surface area (TPSA) is 35.6 Å². The molecule has 132 valence electrons. The van der Waals surface area contributed by atoms with Gasteiger partial charge in [-0.15, -0.1) is 0 Å². The Balaban J connectivity index is 1.48. The molecule has 1 amide bonds. The number of rotatable bonds is 5. The van der Waals surface area contributed by atoms with Crippen LogP contribution in [0.1, 0.15) is 12.5 Å². The van der Waals surface area contributed by atoms with Gasteiger partial charge < -0.3 is 10.2 Å². The first-order valence-electron chi connectivity index (χ1n) is 8.70. The molecule has 1 fully saturated rings. The van der Waals surface area contributed by atoms with Crippen molar-refractivity contribution < 1.29 is 9.18 Å². The molecule has 25 heavy (non-hydrogen) atoms. The number of para-hydroxylation sites is 1. The van der Waals surface area contributed by atoms with Crippen molar-refractivity contribution in [3.63, 3.8) is 0 Å². The molecule has 0 saturated carbocycles. The van der Waals surface area contributed by atoms with Crippen LogP contribution in [0, 0.1) is 5.82 Å². The lowest BCUT2D eigenvalue weighted by atomic mass is 10.2. The summed E-state index contributed by atoms with van der Waals surface area (Å²) in [5.74, 6) is -0.297. The fourth-order valence-electron chi connectivity index (χ4n) is 3.16. The first kappa shape index (κ1) is 17.4. The first-order chi connectivity index (χ1) is 12.1. The zero-order valence-electron chi connectivity index (χ0n) is 14.5. The van der Waals surface area contributed by atoms with Crippen LogP contribution in [-0.4, -0.2) is 43.0 Å². The van der Waals surface area contributed by atoms with Gasteiger partial charge in [0.25, 0.3) is 0 Å². The molecule has 2 aromatic rings. The molecule has 5 heteroatoms. The summed E-state index contributed by atoms with van der Waals surface area (Å²) in [7, 11) is 0. The van der Waals surface area contributed by atoms with E-state index in [2.05, 4.69) is 27.2 Å². The van der Waals surface area contributed by atoms with E-state index >= 15 is 0 Å². The van der Waals surface area contributed by atoms with Gasteiger partial charge in [0.05, 0.1) is 6.04 Å². The van der Waals surface area contributed by atoms with E-state index in [0.29, 0.717) is 6.54 Å². The Morgan fingerprint density at radius 2 is 1.80 bits per heavy atom. The van der Waals surface area contributed by atoms with Gasteiger partial charge in [0, 0.05) is 38.4 Å². The highest BCUT2D eigenvalue weighted by Gasteiger charge is 2.25. The Bertz CT molecular complexity index is 699. The summed E-state index contributed by atoms with van der Waals surface area (Å²) < 4.78 is 13.2. The van der Waals surface area contributed by atoms with Crippen LogP contribution in [0.25, 0.3) is 0 Å². The zero-order valence-corrected chi connectivity index (χ0v) is 14.5. The predicted molar refractivity (Wildman–Crippen MR) is 97.9 cm³/mol. The molecule has 1 atom stereocenters.